The van der Waals surface area contributed by atoms with Crippen molar-refractivity contribution in [1.82, 2.24) is 16.0 Å². The molecule has 1 heterocycles. The molecule has 0 aliphatic carbocycles. The Balaban J connectivity index is 1.49. The van der Waals surface area contributed by atoms with Gasteiger partial charge in [-0.2, -0.15) is 0 Å². The topological polar surface area (TPSA) is 102 Å². The highest BCUT2D eigenvalue weighted by Crippen LogP contribution is 2.23. The second kappa shape index (κ2) is 13.8. The predicted molar refractivity (Wildman–Crippen MR) is 111 cm³/mol. The summed E-state index contributed by atoms with van der Waals surface area (Å²) in [6, 6.07) is 12.6. The average molecular weight is 389 g/mol. The lowest BCUT2D eigenvalue weighted by Gasteiger charge is -2.06. The first-order valence-corrected chi connectivity index (χ1v) is 10.0. The predicted octanol–water partition coefficient (Wildman–Crippen LogP) is 2.50. The lowest BCUT2D eigenvalue weighted by Crippen LogP contribution is -2.27. The normalized spacial score (nSPS) is 10.8. The summed E-state index contributed by atoms with van der Waals surface area (Å²) in [4.78, 5) is 12.1. The second-order valence-corrected chi connectivity index (χ2v) is 6.49. The molecule has 1 aromatic heterocycles. The third-order valence-electron chi connectivity index (χ3n) is 4.10. The van der Waals surface area contributed by atoms with Crippen molar-refractivity contribution in [1.29, 1.82) is 0 Å². The van der Waals surface area contributed by atoms with Crippen LogP contribution in [0.25, 0.3) is 0 Å². The smallest absolute Gasteiger partial charge is 0.290 e. The number of carbonyl (C=O) groups is 1. The van der Waals surface area contributed by atoms with Crippen molar-refractivity contribution in [2.75, 3.05) is 39.3 Å². The van der Waals surface area contributed by atoms with Gasteiger partial charge < -0.3 is 30.8 Å². The highest BCUT2D eigenvalue weighted by molar-refractivity contribution is 5.91. The third kappa shape index (κ3) is 9.03. The first kappa shape index (κ1) is 21.9. The van der Waals surface area contributed by atoms with Gasteiger partial charge in [-0.3, -0.25) is 4.79 Å². The highest BCUT2D eigenvalue weighted by atomic mass is 16.6. The molecule has 0 fully saturated rings. The number of ether oxygens (including phenoxy) is 1. The molecule has 2 rings (SSSR count). The van der Waals surface area contributed by atoms with Crippen LogP contribution in [0.5, 0.6) is 11.7 Å². The van der Waals surface area contributed by atoms with Crippen molar-refractivity contribution in [3.8, 4) is 11.7 Å². The molecule has 0 saturated carbocycles. The standard InChI is InChI=1S/C21H32N4O3/c22-12-6-15-23-13-4-5-14-24-16-7-17-25-21(26)19-10-11-20(28-19)27-18-8-2-1-3-9-18/h1-3,8-11,23-24H,4-7,12-17,22H2,(H,25,26). The summed E-state index contributed by atoms with van der Waals surface area (Å²) in [6.45, 7) is 5.25. The van der Waals surface area contributed by atoms with Crippen molar-refractivity contribution in [2.24, 2.45) is 5.73 Å². The van der Waals surface area contributed by atoms with Gasteiger partial charge >= 0.3 is 0 Å². The summed E-state index contributed by atoms with van der Waals surface area (Å²) in [6.07, 6.45) is 4.19. The maximum absolute atomic E-state index is 12.1. The van der Waals surface area contributed by atoms with Crippen molar-refractivity contribution in [3.05, 3.63) is 48.2 Å². The first-order valence-electron chi connectivity index (χ1n) is 10.0. The zero-order valence-electron chi connectivity index (χ0n) is 16.4. The SMILES string of the molecule is NCCCNCCCCNCCCNC(=O)c1ccc(Oc2ccccc2)o1. The Morgan fingerprint density at radius 2 is 1.54 bits per heavy atom. The second-order valence-electron chi connectivity index (χ2n) is 6.49. The fourth-order valence-electron chi connectivity index (χ4n) is 2.58. The van der Waals surface area contributed by atoms with Crippen LogP contribution in [-0.2, 0) is 0 Å². The number of nitrogens with two attached hydrogens (primary N) is 1. The monoisotopic (exact) mass is 388 g/mol. The molecule has 0 radical (unpaired) electrons. The Kier molecular flexibility index (Phi) is 10.8. The summed E-state index contributed by atoms with van der Waals surface area (Å²) < 4.78 is 11.0. The summed E-state index contributed by atoms with van der Waals surface area (Å²) in [5.41, 5.74) is 5.44. The quantitative estimate of drug-likeness (QED) is 0.350. The van der Waals surface area contributed by atoms with Crippen molar-refractivity contribution in [2.45, 2.75) is 25.7 Å². The summed E-state index contributed by atoms with van der Waals surface area (Å²) in [5.74, 6) is 0.990. The number of carbonyl (C=O) groups excluding carboxylic acids is 1. The number of furan rings is 1. The van der Waals surface area contributed by atoms with Gasteiger partial charge in [-0.1, -0.05) is 18.2 Å². The Morgan fingerprint density at radius 1 is 0.857 bits per heavy atom. The van der Waals surface area contributed by atoms with E-state index in [0.29, 0.717) is 18.2 Å². The molecule has 5 N–H and O–H groups in total. The van der Waals surface area contributed by atoms with Crippen LogP contribution in [0, 0.1) is 0 Å². The molecule has 28 heavy (non-hydrogen) atoms. The van der Waals surface area contributed by atoms with Gasteiger partial charge in [-0.15, -0.1) is 0 Å². The number of unbranched alkanes of at least 4 members (excludes halogenated alkanes) is 1. The number of hydrogen-bond donors (Lipinski definition) is 4. The van der Waals surface area contributed by atoms with Crippen LogP contribution in [0.1, 0.15) is 36.2 Å². The van der Waals surface area contributed by atoms with E-state index >= 15 is 0 Å². The highest BCUT2D eigenvalue weighted by Gasteiger charge is 2.11. The Labute approximate surface area is 167 Å². The van der Waals surface area contributed by atoms with Gasteiger partial charge in [-0.25, -0.2) is 0 Å². The van der Waals surface area contributed by atoms with Gasteiger partial charge in [0.15, 0.2) is 5.76 Å². The number of hydrogen-bond acceptors (Lipinski definition) is 6. The van der Waals surface area contributed by atoms with E-state index in [0.717, 1.165) is 58.4 Å². The molecule has 0 aliphatic heterocycles. The molecule has 2 aromatic rings. The zero-order valence-corrected chi connectivity index (χ0v) is 16.4. The third-order valence-corrected chi connectivity index (χ3v) is 4.10. The molecule has 7 heteroatoms. The van der Waals surface area contributed by atoms with E-state index in [2.05, 4.69) is 16.0 Å². The van der Waals surface area contributed by atoms with Gasteiger partial charge in [0.2, 0.25) is 0 Å². The van der Waals surface area contributed by atoms with Crippen LogP contribution in [0.4, 0.5) is 0 Å². The number of benzene rings is 1. The molecule has 0 atom stereocenters. The summed E-state index contributed by atoms with van der Waals surface area (Å²) >= 11 is 0. The van der Waals surface area contributed by atoms with Crippen LogP contribution >= 0.6 is 0 Å². The van der Waals surface area contributed by atoms with Crippen LogP contribution in [-0.4, -0.2) is 45.2 Å². The van der Waals surface area contributed by atoms with Gasteiger partial charge in [0.1, 0.15) is 5.75 Å². The van der Waals surface area contributed by atoms with E-state index in [1.165, 1.54) is 0 Å². The molecule has 0 unspecified atom stereocenters. The molecule has 7 nitrogen and oxygen atoms in total. The van der Waals surface area contributed by atoms with Crippen LogP contribution in [0.2, 0.25) is 0 Å². The van der Waals surface area contributed by atoms with Gasteiger partial charge in [-0.05, 0) is 76.6 Å². The molecular weight excluding hydrogens is 356 g/mol. The van der Waals surface area contributed by atoms with Crippen molar-refractivity contribution in [3.63, 3.8) is 0 Å². The van der Waals surface area contributed by atoms with E-state index in [1.54, 1.807) is 12.1 Å². The minimum Gasteiger partial charge on any atom is -0.426 e. The van der Waals surface area contributed by atoms with E-state index in [1.807, 2.05) is 30.3 Å². The molecule has 154 valence electrons. The zero-order chi connectivity index (χ0) is 19.9. The molecule has 0 spiro atoms. The number of amides is 1. The molecular formula is C21H32N4O3. The summed E-state index contributed by atoms with van der Waals surface area (Å²) in [5, 5.41) is 9.62. The van der Waals surface area contributed by atoms with E-state index in [4.69, 9.17) is 14.9 Å². The lowest BCUT2D eigenvalue weighted by molar-refractivity contribution is 0.0920. The molecule has 0 saturated heterocycles. The van der Waals surface area contributed by atoms with E-state index in [9.17, 15) is 4.79 Å². The minimum atomic E-state index is -0.230. The van der Waals surface area contributed by atoms with Crippen molar-refractivity contribution >= 4 is 5.91 Å². The van der Waals surface area contributed by atoms with Crippen LogP contribution < -0.4 is 26.4 Å². The largest absolute Gasteiger partial charge is 0.426 e. The van der Waals surface area contributed by atoms with E-state index in [-0.39, 0.29) is 11.7 Å². The average Bonchev–Trinajstić information content (AvgIpc) is 3.18. The van der Waals surface area contributed by atoms with Gasteiger partial charge in [0.05, 0.1) is 0 Å². The molecule has 0 aliphatic rings. The first-order chi connectivity index (χ1) is 13.8. The van der Waals surface area contributed by atoms with Crippen molar-refractivity contribution < 1.29 is 13.9 Å². The Hall–Kier alpha value is -2.35. The molecule has 1 amide bonds. The number of nitrogens with one attached hydrogen (secondary N) is 3. The minimum absolute atomic E-state index is 0.230. The van der Waals surface area contributed by atoms with Crippen LogP contribution in [0.15, 0.2) is 46.9 Å². The lowest BCUT2D eigenvalue weighted by atomic mass is 10.3. The van der Waals surface area contributed by atoms with Gasteiger partial charge in [0, 0.05) is 12.6 Å². The summed E-state index contributed by atoms with van der Waals surface area (Å²) in [7, 11) is 0. The molecule has 0 bridgehead atoms. The fraction of sp³-hybridized carbons (Fsp3) is 0.476. The van der Waals surface area contributed by atoms with E-state index < -0.39 is 0 Å². The van der Waals surface area contributed by atoms with Gasteiger partial charge in [0.25, 0.3) is 11.9 Å². The Morgan fingerprint density at radius 3 is 2.25 bits per heavy atom. The fourth-order valence-corrected chi connectivity index (χ4v) is 2.58. The number of para-hydroxylation sites is 1. The Bertz CT molecular complexity index is 661. The number of rotatable bonds is 15. The molecule has 1 aromatic carbocycles. The maximum Gasteiger partial charge on any atom is 0.290 e. The van der Waals surface area contributed by atoms with Crippen LogP contribution in [0.3, 0.4) is 0 Å². The maximum atomic E-state index is 12.1.